The molecule has 5 rings (SSSR count). The number of hydrogen-bond donors (Lipinski definition) is 17. The first-order valence-electron chi connectivity index (χ1n) is 38.3. The molecule has 2 amide bonds. The molecule has 5 aliphatic rings. The van der Waals surface area contributed by atoms with E-state index in [-0.39, 0.29) is 12.3 Å². The number of aliphatic hydroxyl groups is 15. The predicted octanol–water partition coefficient (Wildman–Crippen LogP) is 2.20. The number of unbranched alkanes of at least 4 members (excludes halogenated alkanes) is 29. The van der Waals surface area contributed by atoms with E-state index in [0.29, 0.717) is 12.8 Å². The van der Waals surface area contributed by atoms with Crippen molar-refractivity contribution in [3.8, 4) is 0 Å². The van der Waals surface area contributed by atoms with E-state index >= 15 is 0 Å². The second-order valence-corrected chi connectivity index (χ2v) is 28.5. The van der Waals surface area contributed by atoms with Crippen molar-refractivity contribution in [3.63, 3.8) is 0 Å². The fraction of sp³-hybridized carbons (Fsp3) is 0.944. The van der Waals surface area contributed by atoms with Gasteiger partial charge in [-0.3, -0.25) is 9.59 Å². The molecule has 5 aliphatic heterocycles. The van der Waals surface area contributed by atoms with E-state index < -0.39 is 205 Å². The molecule has 0 aliphatic carbocycles. The van der Waals surface area contributed by atoms with Crippen LogP contribution >= 0.6 is 0 Å². The van der Waals surface area contributed by atoms with E-state index in [2.05, 4.69) is 24.5 Å². The molecule has 0 aromatic heterocycles. The lowest BCUT2D eigenvalue weighted by molar-refractivity contribution is -0.389. The maximum atomic E-state index is 13.5. The first-order chi connectivity index (χ1) is 48.7. The Morgan fingerprint density at radius 3 is 1.27 bits per heavy atom. The zero-order chi connectivity index (χ0) is 73.8. The third kappa shape index (κ3) is 29.3. The van der Waals surface area contributed by atoms with E-state index in [1.165, 1.54) is 148 Å². The number of carbonyl (C=O) groups excluding carboxylic acids is 2. The Kier molecular flexibility index (Phi) is 43.9. The molecule has 0 bridgehead atoms. The minimum absolute atomic E-state index is 0.201. The summed E-state index contributed by atoms with van der Waals surface area (Å²) in [6.45, 7) is 2.66. The number of nitrogens with one attached hydrogen (secondary N) is 2. The van der Waals surface area contributed by atoms with Crippen LogP contribution in [-0.4, -0.2) is 287 Å². The van der Waals surface area contributed by atoms with E-state index in [0.717, 1.165) is 51.9 Å². The standard InChI is InChI=1S/C72H132N2O27/c1-5-7-9-11-13-15-17-19-20-21-22-23-24-26-28-30-32-34-36-38-52(81)74-46(47(80)37-35-33-31-29-27-25-18-16-14-12-10-8-6-2)43-92-69-62(90)59(87)65(50(41-77)96-69)99-71-63(91)60(88)64(51(42-78)97-71)98-68-53(73-45(4)79)66(56(84)49(40-76)94-68)100-72-67(58(86)55(83)48(39-75)95-72)101-70-61(89)57(85)54(82)44(3)93-70/h35,37,44,46-51,53-72,75-78,80,82-91H,5-34,36,38-43H2,1-4H3,(H,73,79)(H,74,81)/b37-35+/t44?,46-,47+,48?,49?,50?,51?,53?,54+,55-,56-,57?,58-,59+,60+,61-,62?,63?,64-,65+,66+,67?,68-,69+,70+,71-,72-/m0/s1. The van der Waals surface area contributed by atoms with Crippen molar-refractivity contribution in [2.75, 3.05) is 33.0 Å². The number of aliphatic hydroxyl groups excluding tert-OH is 15. The molecule has 5 heterocycles. The molecule has 17 N–H and O–H groups in total. The molecule has 592 valence electrons. The number of hydrogen-bond acceptors (Lipinski definition) is 27. The third-order valence-corrected chi connectivity index (χ3v) is 20.2. The average molecular weight is 1460 g/mol. The molecule has 0 aromatic rings. The first kappa shape index (κ1) is 89.3. The highest BCUT2D eigenvalue weighted by Crippen LogP contribution is 2.37. The van der Waals surface area contributed by atoms with E-state index in [4.69, 9.17) is 47.4 Å². The molecule has 27 atom stereocenters. The summed E-state index contributed by atoms with van der Waals surface area (Å²) >= 11 is 0. The third-order valence-electron chi connectivity index (χ3n) is 20.2. The van der Waals surface area contributed by atoms with Crippen LogP contribution in [0.3, 0.4) is 0 Å². The molecule has 0 saturated carbocycles. The lowest BCUT2D eigenvalue weighted by Crippen LogP contribution is -2.70. The van der Waals surface area contributed by atoms with Crippen molar-refractivity contribution < 1.29 is 134 Å². The number of allylic oxidation sites excluding steroid dienone is 1. The highest BCUT2D eigenvalue weighted by molar-refractivity contribution is 5.76. The largest absolute Gasteiger partial charge is 0.394 e. The number of ether oxygens (including phenoxy) is 10. The van der Waals surface area contributed by atoms with Crippen LogP contribution in [0.5, 0.6) is 0 Å². The Morgan fingerprint density at radius 1 is 0.406 bits per heavy atom. The molecule has 29 heteroatoms. The Balaban J connectivity index is 1.18. The van der Waals surface area contributed by atoms with Gasteiger partial charge in [0.05, 0.1) is 51.3 Å². The fourth-order valence-electron chi connectivity index (χ4n) is 13.8. The van der Waals surface area contributed by atoms with Gasteiger partial charge in [-0.2, -0.15) is 0 Å². The molecule has 5 fully saturated rings. The Bertz CT molecular complexity index is 2200. The molecule has 101 heavy (non-hydrogen) atoms. The summed E-state index contributed by atoms with van der Waals surface area (Å²) in [6.07, 6.45) is -4.39. The van der Waals surface area contributed by atoms with Crippen molar-refractivity contribution in [3.05, 3.63) is 12.2 Å². The summed E-state index contributed by atoms with van der Waals surface area (Å²) in [5.74, 6) is -1.13. The summed E-state index contributed by atoms with van der Waals surface area (Å²) in [5.41, 5.74) is 0. The Hall–Kier alpha value is -2.32. The highest BCUT2D eigenvalue weighted by Gasteiger charge is 2.57. The summed E-state index contributed by atoms with van der Waals surface area (Å²) in [6, 6.07) is -2.76. The lowest BCUT2D eigenvalue weighted by atomic mass is 9.94. The van der Waals surface area contributed by atoms with Crippen molar-refractivity contribution in [2.24, 2.45) is 0 Å². The van der Waals surface area contributed by atoms with Gasteiger partial charge in [-0.05, 0) is 26.2 Å². The zero-order valence-electron chi connectivity index (χ0n) is 60.5. The van der Waals surface area contributed by atoms with Crippen LogP contribution in [-0.2, 0) is 57.0 Å². The fourth-order valence-corrected chi connectivity index (χ4v) is 13.8. The van der Waals surface area contributed by atoms with E-state index in [9.17, 15) is 86.2 Å². The molecule has 0 spiro atoms. The summed E-state index contributed by atoms with van der Waals surface area (Å²) in [4.78, 5) is 26.4. The summed E-state index contributed by atoms with van der Waals surface area (Å²) in [7, 11) is 0. The Labute approximate surface area is 597 Å². The van der Waals surface area contributed by atoms with Crippen molar-refractivity contribution in [2.45, 2.75) is 399 Å². The molecule has 5 saturated heterocycles. The second-order valence-electron chi connectivity index (χ2n) is 28.5. The van der Waals surface area contributed by atoms with Gasteiger partial charge in [-0.15, -0.1) is 0 Å². The number of amides is 2. The maximum absolute atomic E-state index is 13.5. The van der Waals surface area contributed by atoms with Crippen LogP contribution in [0, 0.1) is 0 Å². The molecule has 0 radical (unpaired) electrons. The van der Waals surface area contributed by atoms with Gasteiger partial charge >= 0.3 is 0 Å². The van der Waals surface area contributed by atoms with Crippen LogP contribution in [0.25, 0.3) is 0 Å². The van der Waals surface area contributed by atoms with Gasteiger partial charge in [0.15, 0.2) is 31.5 Å². The Morgan fingerprint density at radius 2 is 0.782 bits per heavy atom. The van der Waals surface area contributed by atoms with Gasteiger partial charge in [-0.25, -0.2) is 0 Å². The van der Waals surface area contributed by atoms with Gasteiger partial charge in [-0.1, -0.05) is 206 Å². The molecular formula is C72H132N2O27. The van der Waals surface area contributed by atoms with Crippen molar-refractivity contribution >= 4 is 11.8 Å². The van der Waals surface area contributed by atoms with E-state index in [1.54, 1.807) is 6.08 Å². The maximum Gasteiger partial charge on any atom is 0.220 e. The van der Waals surface area contributed by atoms with Crippen LogP contribution in [0.4, 0.5) is 0 Å². The normalized spacial score (nSPS) is 35.4. The quantitative estimate of drug-likeness (QED) is 0.0306. The molecule has 0 aromatic carbocycles. The van der Waals surface area contributed by atoms with E-state index in [1.807, 2.05) is 6.08 Å². The lowest BCUT2D eigenvalue weighted by Gasteiger charge is -2.50. The molecular weight excluding hydrogens is 1320 g/mol. The summed E-state index contributed by atoms with van der Waals surface area (Å²) < 4.78 is 59.1. The average Bonchev–Trinajstić information content (AvgIpc) is 0.774. The highest BCUT2D eigenvalue weighted by atomic mass is 16.8. The van der Waals surface area contributed by atoms with Gasteiger partial charge < -0.3 is 135 Å². The topological polar surface area (TPSA) is 454 Å². The molecule has 29 nitrogen and oxygen atoms in total. The minimum atomic E-state index is -2.15. The van der Waals surface area contributed by atoms with Crippen LogP contribution in [0.2, 0.25) is 0 Å². The van der Waals surface area contributed by atoms with Crippen molar-refractivity contribution in [1.29, 1.82) is 0 Å². The van der Waals surface area contributed by atoms with Gasteiger partial charge in [0, 0.05) is 13.3 Å². The predicted molar refractivity (Wildman–Crippen MR) is 367 cm³/mol. The minimum Gasteiger partial charge on any atom is -0.394 e. The van der Waals surface area contributed by atoms with Crippen molar-refractivity contribution in [1.82, 2.24) is 10.6 Å². The first-order valence-corrected chi connectivity index (χ1v) is 38.3. The zero-order valence-corrected chi connectivity index (χ0v) is 60.5. The van der Waals surface area contributed by atoms with Gasteiger partial charge in [0.1, 0.15) is 116 Å². The monoisotopic (exact) mass is 1460 g/mol. The van der Waals surface area contributed by atoms with Crippen LogP contribution < -0.4 is 10.6 Å². The SMILES string of the molecule is CCCCCCCCCCCCC/C=C/[C@@H](O)[C@H](CO[C@@H]1OC(CO)[C@@H](O[C@@H]2OC(CO)[C@H](O[C@@H]3OC(CO)[C@H](O)[C@H](O[C@@H]4OC(CO)[C@H](O)[C@H](O)C4O[C@H]4OC(C)[C@@H](O)C(O)[C@@H]4O)C3NC(C)=O)[C@H](O)C2O)[C@H](O)C1O)NC(=O)CCCCCCCCCCCCCCCCCCCCC. The second kappa shape index (κ2) is 49.6. The number of rotatable bonds is 51. The smallest absolute Gasteiger partial charge is 0.220 e. The van der Waals surface area contributed by atoms with Crippen LogP contribution in [0.1, 0.15) is 233 Å². The van der Waals surface area contributed by atoms with Crippen LogP contribution in [0.15, 0.2) is 12.2 Å². The molecule has 10 unspecified atom stereocenters. The number of carbonyl (C=O) groups is 2. The van der Waals surface area contributed by atoms with Gasteiger partial charge in [0.25, 0.3) is 0 Å². The summed E-state index contributed by atoms with van der Waals surface area (Å²) in [5, 5.41) is 171. The van der Waals surface area contributed by atoms with Gasteiger partial charge in [0.2, 0.25) is 11.8 Å².